The average molecular weight is 314 g/mol. The van der Waals surface area contributed by atoms with E-state index < -0.39 is 0 Å². The lowest BCUT2D eigenvalue weighted by Crippen LogP contribution is -2.44. The molecule has 1 aliphatic rings. The molecule has 5 heteroatoms. The van der Waals surface area contributed by atoms with Crippen LogP contribution >= 0.6 is 0 Å². The molecular formula is C18H26N4O. The van der Waals surface area contributed by atoms with Crippen molar-refractivity contribution in [2.24, 2.45) is 0 Å². The Morgan fingerprint density at radius 3 is 2.52 bits per heavy atom. The molecule has 1 aliphatic heterocycles. The molecule has 2 heterocycles. The SMILES string of the molecule is CCN(Cc1ccccc1)C1CCN(Cc2nonc2C)CC1. The molecule has 2 aromatic rings. The normalized spacial score (nSPS) is 17.0. The molecular weight excluding hydrogens is 288 g/mol. The van der Waals surface area contributed by atoms with Gasteiger partial charge in [-0.2, -0.15) is 0 Å². The van der Waals surface area contributed by atoms with Gasteiger partial charge in [0.25, 0.3) is 0 Å². The Morgan fingerprint density at radius 2 is 1.91 bits per heavy atom. The molecule has 0 unspecified atom stereocenters. The van der Waals surface area contributed by atoms with Crippen LogP contribution < -0.4 is 0 Å². The van der Waals surface area contributed by atoms with Crippen LogP contribution in [-0.2, 0) is 13.1 Å². The summed E-state index contributed by atoms with van der Waals surface area (Å²) >= 11 is 0. The minimum Gasteiger partial charge on any atom is -0.297 e. The molecule has 3 rings (SSSR count). The van der Waals surface area contributed by atoms with Crippen molar-refractivity contribution in [3.05, 3.63) is 47.3 Å². The first-order valence-corrected chi connectivity index (χ1v) is 8.54. The van der Waals surface area contributed by atoms with Crippen LogP contribution in [0.2, 0.25) is 0 Å². The smallest absolute Gasteiger partial charge is 0.122 e. The molecule has 5 nitrogen and oxygen atoms in total. The van der Waals surface area contributed by atoms with E-state index in [0.29, 0.717) is 6.04 Å². The quantitative estimate of drug-likeness (QED) is 0.820. The van der Waals surface area contributed by atoms with E-state index >= 15 is 0 Å². The van der Waals surface area contributed by atoms with Crippen LogP contribution in [0.25, 0.3) is 0 Å². The zero-order valence-corrected chi connectivity index (χ0v) is 14.1. The number of hydrogen-bond acceptors (Lipinski definition) is 5. The highest BCUT2D eigenvalue weighted by Gasteiger charge is 2.24. The van der Waals surface area contributed by atoms with Crippen LogP contribution in [0.5, 0.6) is 0 Å². The maximum atomic E-state index is 4.80. The van der Waals surface area contributed by atoms with Gasteiger partial charge >= 0.3 is 0 Å². The summed E-state index contributed by atoms with van der Waals surface area (Å²) in [6, 6.07) is 11.4. The Morgan fingerprint density at radius 1 is 1.17 bits per heavy atom. The molecule has 0 N–H and O–H groups in total. The second kappa shape index (κ2) is 7.70. The van der Waals surface area contributed by atoms with Crippen molar-refractivity contribution in [3.63, 3.8) is 0 Å². The molecule has 0 bridgehead atoms. The van der Waals surface area contributed by atoms with Crippen LogP contribution in [0, 0.1) is 6.92 Å². The first kappa shape index (κ1) is 16.1. The number of aryl methyl sites for hydroxylation is 1. The number of nitrogens with zero attached hydrogens (tertiary/aromatic N) is 4. The molecule has 1 saturated heterocycles. The lowest BCUT2D eigenvalue weighted by Gasteiger charge is -2.38. The summed E-state index contributed by atoms with van der Waals surface area (Å²) in [5.74, 6) is 0. The molecule has 0 spiro atoms. The summed E-state index contributed by atoms with van der Waals surface area (Å²) in [7, 11) is 0. The van der Waals surface area contributed by atoms with E-state index in [1.807, 2.05) is 6.92 Å². The van der Waals surface area contributed by atoms with Gasteiger partial charge in [0.15, 0.2) is 0 Å². The molecule has 0 aliphatic carbocycles. The zero-order chi connectivity index (χ0) is 16.1. The molecule has 23 heavy (non-hydrogen) atoms. The number of aromatic nitrogens is 2. The van der Waals surface area contributed by atoms with Crippen LogP contribution in [0.3, 0.4) is 0 Å². The predicted octanol–water partition coefficient (Wildman–Crippen LogP) is 2.86. The fraction of sp³-hybridized carbons (Fsp3) is 0.556. The maximum absolute atomic E-state index is 4.80. The predicted molar refractivity (Wildman–Crippen MR) is 89.9 cm³/mol. The number of benzene rings is 1. The third-order valence-electron chi connectivity index (χ3n) is 4.83. The van der Waals surface area contributed by atoms with Gasteiger partial charge in [0.1, 0.15) is 11.4 Å². The summed E-state index contributed by atoms with van der Waals surface area (Å²) in [5.41, 5.74) is 3.28. The number of piperidine rings is 1. The van der Waals surface area contributed by atoms with Crippen molar-refractivity contribution in [2.75, 3.05) is 19.6 Å². The number of hydrogen-bond donors (Lipinski definition) is 0. The second-order valence-corrected chi connectivity index (χ2v) is 6.35. The van der Waals surface area contributed by atoms with E-state index in [1.165, 1.54) is 18.4 Å². The Kier molecular flexibility index (Phi) is 5.41. The van der Waals surface area contributed by atoms with Crippen molar-refractivity contribution >= 4 is 0 Å². The summed E-state index contributed by atoms with van der Waals surface area (Å²) in [4.78, 5) is 5.06. The standard InChI is InChI=1S/C18H26N4O/c1-3-22(13-16-7-5-4-6-8-16)17-9-11-21(12-10-17)14-18-15(2)19-23-20-18/h4-8,17H,3,9-14H2,1-2H3. The van der Waals surface area contributed by atoms with Crippen LogP contribution in [0.15, 0.2) is 35.0 Å². The van der Waals surface area contributed by atoms with Gasteiger partial charge in [-0.15, -0.1) is 0 Å². The average Bonchev–Trinajstić information content (AvgIpc) is 2.99. The molecule has 1 aromatic heterocycles. The minimum absolute atomic E-state index is 0.674. The third-order valence-corrected chi connectivity index (χ3v) is 4.83. The van der Waals surface area contributed by atoms with Gasteiger partial charge in [0.05, 0.1) is 0 Å². The molecule has 1 aromatic carbocycles. The van der Waals surface area contributed by atoms with Crippen molar-refractivity contribution in [1.29, 1.82) is 0 Å². The molecule has 0 radical (unpaired) electrons. The lowest BCUT2D eigenvalue weighted by atomic mass is 10.0. The second-order valence-electron chi connectivity index (χ2n) is 6.35. The van der Waals surface area contributed by atoms with Gasteiger partial charge in [-0.3, -0.25) is 9.80 Å². The summed E-state index contributed by atoms with van der Waals surface area (Å²) in [6.07, 6.45) is 2.43. The monoisotopic (exact) mass is 314 g/mol. The van der Waals surface area contributed by atoms with Crippen molar-refractivity contribution in [1.82, 2.24) is 20.1 Å². The van der Waals surface area contributed by atoms with E-state index in [9.17, 15) is 0 Å². The van der Waals surface area contributed by atoms with Crippen molar-refractivity contribution in [3.8, 4) is 0 Å². The first-order chi connectivity index (χ1) is 11.3. The highest BCUT2D eigenvalue weighted by molar-refractivity contribution is 5.14. The largest absolute Gasteiger partial charge is 0.297 e. The fourth-order valence-electron chi connectivity index (χ4n) is 3.36. The minimum atomic E-state index is 0.674. The van der Waals surface area contributed by atoms with Crippen LogP contribution in [0.4, 0.5) is 0 Å². The number of rotatable bonds is 6. The lowest BCUT2D eigenvalue weighted by molar-refractivity contribution is 0.102. The van der Waals surface area contributed by atoms with E-state index in [0.717, 1.165) is 44.1 Å². The van der Waals surface area contributed by atoms with Crippen LogP contribution in [0.1, 0.15) is 36.7 Å². The van der Waals surface area contributed by atoms with E-state index in [-0.39, 0.29) is 0 Å². The molecule has 0 amide bonds. The summed E-state index contributed by atoms with van der Waals surface area (Å²) in [5, 5.41) is 7.86. The van der Waals surface area contributed by atoms with Crippen molar-refractivity contribution in [2.45, 2.75) is 45.8 Å². The number of likely N-dealkylation sites (tertiary alicyclic amines) is 1. The summed E-state index contributed by atoms with van der Waals surface area (Å²) < 4.78 is 4.80. The Hall–Kier alpha value is -1.72. The van der Waals surface area contributed by atoms with Gasteiger partial charge in [0, 0.05) is 32.2 Å². The Labute approximate surface area is 138 Å². The van der Waals surface area contributed by atoms with Gasteiger partial charge < -0.3 is 0 Å². The first-order valence-electron chi connectivity index (χ1n) is 8.54. The van der Waals surface area contributed by atoms with E-state index in [2.05, 4.69) is 57.4 Å². The Bertz CT molecular complexity index is 590. The zero-order valence-electron chi connectivity index (χ0n) is 14.1. The van der Waals surface area contributed by atoms with E-state index in [1.54, 1.807) is 0 Å². The van der Waals surface area contributed by atoms with Gasteiger partial charge in [-0.05, 0) is 31.9 Å². The highest BCUT2D eigenvalue weighted by atomic mass is 16.6. The Balaban J connectivity index is 1.52. The van der Waals surface area contributed by atoms with Crippen LogP contribution in [-0.4, -0.2) is 45.8 Å². The topological polar surface area (TPSA) is 45.4 Å². The van der Waals surface area contributed by atoms with Gasteiger partial charge in [-0.1, -0.05) is 47.6 Å². The molecule has 0 atom stereocenters. The molecule has 0 saturated carbocycles. The summed E-state index contributed by atoms with van der Waals surface area (Å²) in [6.45, 7) is 9.45. The van der Waals surface area contributed by atoms with Gasteiger partial charge in [-0.25, -0.2) is 4.63 Å². The van der Waals surface area contributed by atoms with Crippen molar-refractivity contribution < 1.29 is 4.63 Å². The van der Waals surface area contributed by atoms with E-state index in [4.69, 9.17) is 4.63 Å². The highest BCUT2D eigenvalue weighted by Crippen LogP contribution is 2.20. The van der Waals surface area contributed by atoms with Gasteiger partial charge in [0.2, 0.25) is 0 Å². The fourth-order valence-corrected chi connectivity index (χ4v) is 3.36. The third kappa shape index (κ3) is 4.18. The molecule has 124 valence electrons. The molecule has 1 fully saturated rings. The maximum Gasteiger partial charge on any atom is 0.122 e.